The average molecular weight is 381 g/mol. The molecule has 2 amide bonds. The van der Waals surface area contributed by atoms with E-state index in [0.29, 0.717) is 11.4 Å². The maximum Gasteiger partial charge on any atom is 0.413 e. The van der Waals surface area contributed by atoms with Crippen molar-refractivity contribution >= 4 is 24.0 Å². The Hall–Kier alpha value is -2.84. The number of methoxy groups -OCH3 is 1. The summed E-state index contributed by atoms with van der Waals surface area (Å²) < 4.78 is 14.9. The fourth-order valence-electron chi connectivity index (χ4n) is 1.93. The summed E-state index contributed by atoms with van der Waals surface area (Å²) >= 11 is 0. The van der Waals surface area contributed by atoms with Crippen molar-refractivity contribution < 1.29 is 28.6 Å². The molecule has 9 heteroatoms. The summed E-state index contributed by atoms with van der Waals surface area (Å²) in [5, 5.41) is 4.97. The van der Waals surface area contributed by atoms with Crippen LogP contribution in [0.5, 0.6) is 0 Å². The maximum atomic E-state index is 11.9. The van der Waals surface area contributed by atoms with Gasteiger partial charge in [0.25, 0.3) is 0 Å². The van der Waals surface area contributed by atoms with Crippen molar-refractivity contribution in [1.29, 1.82) is 0 Å². The number of nitrogens with one attached hydrogen (secondary N) is 2. The van der Waals surface area contributed by atoms with Crippen molar-refractivity contribution in [3.8, 4) is 0 Å². The highest BCUT2D eigenvalue weighted by molar-refractivity contribution is 5.83. The summed E-state index contributed by atoms with van der Waals surface area (Å²) in [7, 11) is 1.25. The van der Waals surface area contributed by atoms with E-state index in [1.165, 1.54) is 13.3 Å². The number of carbonyl (C=O) groups is 3. The Bertz CT molecular complexity index is 652. The third-order valence-electron chi connectivity index (χ3n) is 3.22. The van der Waals surface area contributed by atoms with Crippen molar-refractivity contribution in [3.63, 3.8) is 0 Å². The molecule has 9 nitrogen and oxygen atoms in total. The Morgan fingerprint density at radius 3 is 2.30 bits per heavy atom. The highest BCUT2D eigenvalue weighted by Gasteiger charge is 2.25. The van der Waals surface area contributed by atoms with Crippen LogP contribution in [0.1, 0.15) is 40.2 Å². The second kappa shape index (κ2) is 9.75. The molecule has 0 aliphatic rings. The van der Waals surface area contributed by atoms with Crippen LogP contribution >= 0.6 is 0 Å². The van der Waals surface area contributed by atoms with Crippen LogP contribution in [0.15, 0.2) is 18.3 Å². The summed E-state index contributed by atoms with van der Waals surface area (Å²) in [5.74, 6) is -0.380. The molecule has 0 fully saturated rings. The third-order valence-corrected chi connectivity index (χ3v) is 3.22. The molecule has 150 valence electrons. The van der Waals surface area contributed by atoms with Crippen LogP contribution in [0.2, 0.25) is 0 Å². The number of hydrogen-bond acceptors (Lipinski definition) is 7. The number of aromatic nitrogens is 1. The summed E-state index contributed by atoms with van der Waals surface area (Å²) in [4.78, 5) is 39.2. The molecule has 0 saturated carbocycles. The van der Waals surface area contributed by atoms with Gasteiger partial charge in [0, 0.05) is 11.8 Å². The minimum Gasteiger partial charge on any atom is -0.467 e. The van der Waals surface area contributed by atoms with E-state index in [0.717, 1.165) is 0 Å². The van der Waals surface area contributed by atoms with Crippen molar-refractivity contribution in [3.05, 3.63) is 23.9 Å². The first-order valence-electron chi connectivity index (χ1n) is 8.48. The van der Waals surface area contributed by atoms with E-state index < -0.39 is 29.8 Å². The van der Waals surface area contributed by atoms with Crippen molar-refractivity contribution in [1.82, 2.24) is 10.3 Å². The van der Waals surface area contributed by atoms with Gasteiger partial charge in [-0.25, -0.2) is 19.4 Å². The van der Waals surface area contributed by atoms with Gasteiger partial charge in [0.05, 0.1) is 7.11 Å². The lowest BCUT2D eigenvalue weighted by molar-refractivity contribution is -0.144. The van der Waals surface area contributed by atoms with E-state index in [-0.39, 0.29) is 12.5 Å². The molecule has 1 atom stereocenters. The minimum atomic E-state index is -0.791. The molecule has 0 unspecified atom stereocenters. The number of carbonyl (C=O) groups excluding carboxylic acids is 3. The van der Waals surface area contributed by atoms with Crippen molar-refractivity contribution in [2.45, 2.75) is 52.9 Å². The van der Waals surface area contributed by atoms with Gasteiger partial charge in [0.15, 0.2) is 0 Å². The highest BCUT2D eigenvalue weighted by Crippen LogP contribution is 2.11. The smallest absolute Gasteiger partial charge is 0.413 e. The second-order valence-corrected chi connectivity index (χ2v) is 7.14. The molecule has 1 aromatic heterocycles. The molecule has 0 aromatic carbocycles. The van der Waals surface area contributed by atoms with Crippen molar-refractivity contribution in [2.75, 3.05) is 12.4 Å². The molecule has 1 aromatic rings. The zero-order valence-electron chi connectivity index (χ0n) is 16.5. The van der Waals surface area contributed by atoms with E-state index in [4.69, 9.17) is 9.47 Å². The second-order valence-electron chi connectivity index (χ2n) is 7.14. The number of amides is 2. The molecular formula is C18H27N3O6. The number of esters is 1. The van der Waals surface area contributed by atoms with Crippen molar-refractivity contribution in [2.24, 2.45) is 5.92 Å². The Morgan fingerprint density at radius 1 is 1.15 bits per heavy atom. The molecule has 1 heterocycles. The average Bonchev–Trinajstić information content (AvgIpc) is 2.56. The molecular weight excluding hydrogens is 354 g/mol. The third kappa shape index (κ3) is 8.39. The van der Waals surface area contributed by atoms with Crippen LogP contribution in [0.4, 0.5) is 15.4 Å². The minimum absolute atomic E-state index is 0.0441. The normalized spacial score (nSPS) is 12.1. The van der Waals surface area contributed by atoms with E-state index in [2.05, 4.69) is 20.4 Å². The monoisotopic (exact) mass is 381 g/mol. The van der Waals surface area contributed by atoms with E-state index in [1.807, 2.05) is 0 Å². The molecule has 0 aliphatic carbocycles. The van der Waals surface area contributed by atoms with Gasteiger partial charge in [-0.1, -0.05) is 19.9 Å². The summed E-state index contributed by atoms with van der Waals surface area (Å²) in [6.07, 6.45) is 0.108. The molecule has 2 N–H and O–H groups in total. The SMILES string of the molecule is COC(=O)[C@@H](NC(=O)OCc1ccc(NC(=O)OC(C)(C)C)nc1)C(C)C. The van der Waals surface area contributed by atoms with Gasteiger partial charge in [0.1, 0.15) is 24.1 Å². The van der Waals surface area contributed by atoms with Crippen LogP contribution in [-0.2, 0) is 25.6 Å². The Morgan fingerprint density at radius 2 is 1.81 bits per heavy atom. The maximum absolute atomic E-state index is 11.9. The first kappa shape index (κ1) is 22.2. The number of pyridine rings is 1. The summed E-state index contributed by atoms with van der Waals surface area (Å²) in [6.45, 7) is 8.79. The molecule has 0 spiro atoms. The Kier molecular flexibility index (Phi) is 8.01. The van der Waals surface area contributed by atoms with Gasteiger partial charge in [0.2, 0.25) is 0 Å². The molecule has 0 radical (unpaired) electrons. The zero-order chi connectivity index (χ0) is 20.6. The van der Waals surface area contributed by atoms with Crippen LogP contribution < -0.4 is 10.6 Å². The van der Waals surface area contributed by atoms with E-state index in [1.54, 1.807) is 46.8 Å². The number of rotatable bonds is 6. The molecule has 1 rings (SSSR count). The van der Waals surface area contributed by atoms with Gasteiger partial charge in [-0.2, -0.15) is 0 Å². The van der Waals surface area contributed by atoms with Gasteiger partial charge in [-0.3, -0.25) is 5.32 Å². The quantitative estimate of drug-likeness (QED) is 0.575. The fourth-order valence-corrected chi connectivity index (χ4v) is 1.93. The Balaban J connectivity index is 2.52. The lowest BCUT2D eigenvalue weighted by Crippen LogP contribution is -2.45. The molecule has 0 saturated heterocycles. The number of nitrogens with zero attached hydrogens (tertiary/aromatic N) is 1. The van der Waals surface area contributed by atoms with Crippen LogP contribution in [0, 0.1) is 5.92 Å². The number of hydrogen-bond donors (Lipinski definition) is 2. The lowest BCUT2D eigenvalue weighted by atomic mass is 10.1. The fraction of sp³-hybridized carbons (Fsp3) is 0.556. The first-order valence-corrected chi connectivity index (χ1v) is 8.48. The largest absolute Gasteiger partial charge is 0.467 e. The molecule has 0 bridgehead atoms. The molecule has 27 heavy (non-hydrogen) atoms. The lowest BCUT2D eigenvalue weighted by Gasteiger charge is -2.19. The molecule has 0 aliphatic heterocycles. The van der Waals surface area contributed by atoms with Gasteiger partial charge >= 0.3 is 18.2 Å². The van der Waals surface area contributed by atoms with E-state index >= 15 is 0 Å². The number of anilines is 1. The van der Waals surface area contributed by atoms with Gasteiger partial charge in [-0.05, 0) is 32.8 Å². The van der Waals surface area contributed by atoms with Crippen LogP contribution in [-0.4, -0.2) is 41.9 Å². The number of alkyl carbamates (subject to hydrolysis) is 1. The van der Waals surface area contributed by atoms with Crippen LogP contribution in [0.25, 0.3) is 0 Å². The predicted octanol–water partition coefficient (Wildman–Crippen LogP) is 2.85. The zero-order valence-corrected chi connectivity index (χ0v) is 16.5. The first-order chi connectivity index (χ1) is 12.5. The topological polar surface area (TPSA) is 116 Å². The standard InChI is InChI=1S/C18H27N3O6/c1-11(2)14(15(22)25-6)21-16(23)26-10-12-7-8-13(19-9-12)20-17(24)27-18(3,4)5/h7-9,11,14H,10H2,1-6H3,(H,21,23)(H,19,20,24)/t14-/m0/s1. The van der Waals surface area contributed by atoms with Gasteiger partial charge < -0.3 is 19.5 Å². The summed E-state index contributed by atoms with van der Waals surface area (Å²) in [5.41, 5.74) is 0.00237. The van der Waals surface area contributed by atoms with E-state index in [9.17, 15) is 14.4 Å². The summed E-state index contributed by atoms with van der Waals surface area (Å²) in [6, 6.07) is 2.42. The van der Waals surface area contributed by atoms with Gasteiger partial charge in [-0.15, -0.1) is 0 Å². The number of ether oxygens (including phenoxy) is 3. The predicted molar refractivity (Wildman–Crippen MR) is 98.1 cm³/mol. The highest BCUT2D eigenvalue weighted by atomic mass is 16.6. The Labute approximate surface area is 158 Å². The van der Waals surface area contributed by atoms with Crippen LogP contribution in [0.3, 0.4) is 0 Å².